The molecule has 0 saturated carbocycles. The molecule has 7 rings (SSSR count). The molecule has 3 nitrogen and oxygen atoms in total. The lowest BCUT2D eigenvalue weighted by atomic mass is 9.87. The summed E-state index contributed by atoms with van der Waals surface area (Å²) in [5.74, 6) is 0.474. The molecule has 0 aliphatic carbocycles. The van der Waals surface area contributed by atoms with Crippen LogP contribution in [0.2, 0.25) is 5.02 Å². The number of ether oxygens (including phenoxy) is 1. The molecule has 0 radical (unpaired) electrons. The van der Waals surface area contributed by atoms with Crippen LogP contribution in [-0.2, 0) is 15.3 Å². The first-order chi connectivity index (χ1) is 20.2. The summed E-state index contributed by atoms with van der Waals surface area (Å²) in [6.45, 7) is 0. The van der Waals surface area contributed by atoms with Crippen molar-refractivity contribution < 1.29 is 9.53 Å². The Hall–Kier alpha value is -4.25. The summed E-state index contributed by atoms with van der Waals surface area (Å²) in [7, 11) is 0. The maximum atomic E-state index is 15.1. The predicted octanol–water partition coefficient (Wildman–Crippen LogP) is 9.36. The quantitative estimate of drug-likeness (QED) is 0.215. The van der Waals surface area contributed by atoms with Gasteiger partial charge in [-0.3, -0.25) is 9.69 Å². The Morgan fingerprint density at radius 1 is 0.707 bits per heavy atom. The zero-order valence-corrected chi connectivity index (χ0v) is 23.7. The van der Waals surface area contributed by atoms with E-state index in [4.69, 9.17) is 16.3 Å². The summed E-state index contributed by atoms with van der Waals surface area (Å²) in [5, 5.41) is 0.614. The van der Waals surface area contributed by atoms with E-state index in [9.17, 15) is 0 Å². The Kier molecular flexibility index (Phi) is 6.66. The number of hydrogen-bond acceptors (Lipinski definition) is 3. The molecule has 2 aliphatic heterocycles. The molecule has 2 heterocycles. The van der Waals surface area contributed by atoms with E-state index in [1.807, 2.05) is 120 Å². The molecule has 0 fully saturated rings. The third-order valence-electron chi connectivity index (χ3n) is 7.69. The molecular formula is C36H26ClNO2S. The van der Waals surface area contributed by atoms with Gasteiger partial charge < -0.3 is 4.74 Å². The van der Waals surface area contributed by atoms with Crippen LogP contribution in [0.25, 0.3) is 11.3 Å². The van der Waals surface area contributed by atoms with Crippen LogP contribution in [0.5, 0.6) is 0 Å². The van der Waals surface area contributed by atoms with E-state index in [2.05, 4.69) is 24.3 Å². The number of rotatable bonds is 4. The van der Waals surface area contributed by atoms with E-state index < -0.39 is 5.72 Å². The van der Waals surface area contributed by atoms with Crippen molar-refractivity contribution in [2.45, 2.75) is 22.3 Å². The summed E-state index contributed by atoms with van der Waals surface area (Å²) < 4.78 is 7.34. The second-order valence-electron chi connectivity index (χ2n) is 10.1. The summed E-state index contributed by atoms with van der Waals surface area (Å²) in [5.41, 5.74) is 3.82. The Morgan fingerprint density at radius 3 is 2.00 bits per heavy atom. The largest absolute Gasteiger partial charge is 0.462 e. The van der Waals surface area contributed by atoms with Gasteiger partial charge in [0.15, 0.2) is 0 Å². The standard InChI is InChI=1S/C36H26ClNO2S/c37-29-21-11-10-20-28(29)32-24-36(27-18-8-3-9-19-27)38(30-22-12-13-23-31(30)41-32)35(39)33(25-14-4-1-5-15-25)34(40-36)26-16-6-2-7-17-26/h1-23,32H,24H2/t32-,36+/m1/s1. The first-order valence-corrected chi connectivity index (χ1v) is 14.9. The molecular weight excluding hydrogens is 546 g/mol. The summed E-state index contributed by atoms with van der Waals surface area (Å²) in [6, 6.07) is 45.9. The minimum atomic E-state index is -1.13. The van der Waals surface area contributed by atoms with E-state index in [0.717, 1.165) is 32.8 Å². The number of benzene rings is 5. The fraction of sp³-hybridized carbons (Fsp3) is 0.0833. The number of hydrogen-bond donors (Lipinski definition) is 0. The van der Waals surface area contributed by atoms with Crippen LogP contribution in [0.4, 0.5) is 5.69 Å². The lowest BCUT2D eigenvalue weighted by molar-refractivity contribution is -0.120. The van der Waals surface area contributed by atoms with Crippen LogP contribution in [0, 0.1) is 0 Å². The van der Waals surface area contributed by atoms with E-state index in [1.54, 1.807) is 11.8 Å². The van der Waals surface area contributed by atoms with Crippen molar-refractivity contribution in [1.29, 1.82) is 0 Å². The highest BCUT2D eigenvalue weighted by Gasteiger charge is 2.54. The van der Waals surface area contributed by atoms with Crippen molar-refractivity contribution in [3.05, 3.63) is 167 Å². The molecule has 1 amide bonds. The first kappa shape index (κ1) is 25.7. The summed E-state index contributed by atoms with van der Waals surface area (Å²) in [6.07, 6.45) is 0.490. The minimum absolute atomic E-state index is 0.0850. The molecule has 2 atom stereocenters. The fourth-order valence-corrected chi connectivity index (χ4v) is 7.55. The van der Waals surface area contributed by atoms with Crippen LogP contribution in [-0.4, -0.2) is 5.91 Å². The molecule has 0 saturated heterocycles. The molecule has 5 aromatic carbocycles. The fourth-order valence-electron chi connectivity index (χ4n) is 5.83. The van der Waals surface area contributed by atoms with E-state index in [0.29, 0.717) is 22.8 Å². The molecule has 2 aliphatic rings. The van der Waals surface area contributed by atoms with Gasteiger partial charge in [0.05, 0.1) is 11.3 Å². The van der Waals surface area contributed by atoms with E-state index >= 15 is 4.79 Å². The molecule has 0 unspecified atom stereocenters. The number of fused-ring (bicyclic) bond motifs is 3. The number of halogens is 1. The highest BCUT2D eigenvalue weighted by Crippen LogP contribution is 2.58. The SMILES string of the molecule is O=C1C(c2ccccc2)=C(c2ccccc2)O[C@]2(c3ccccc3)C[C@H](c3ccccc3Cl)Sc3ccccc3N12. The highest BCUT2D eigenvalue weighted by molar-refractivity contribution is 7.99. The van der Waals surface area contributed by atoms with Gasteiger partial charge in [0.1, 0.15) is 5.76 Å². The normalized spacial score (nSPS) is 20.1. The van der Waals surface area contributed by atoms with Gasteiger partial charge in [0.2, 0.25) is 5.72 Å². The van der Waals surface area contributed by atoms with Gasteiger partial charge in [-0.05, 0) is 29.3 Å². The topological polar surface area (TPSA) is 29.5 Å². The van der Waals surface area contributed by atoms with Gasteiger partial charge in [0, 0.05) is 32.7 Å². The summed E-state index contributed by atoms with van der Waals surface area (Å²) in [4.78, 5) is 18.0. The monoisotopic (exact) mass is 571 g/mol. The number of thioether (sulfide) groups is 1. The van der Waals surface area contributed by atoms with Crippen molar-refractivity contribution in [3.63, 3.8) is 0 Å². The number of carbonyl (C=O) groups is 1. The average molecular weight is 572 g/mol. The van der Waals surface area contributed by atoms with Crippen molar-refractivity contribution in [2.75, 3.05) is 4.90 Å². The molecule has 0 spiro atoms. The maximum Gasteiger partial charge on any atom is 0.266 e. The van der Waals surface area contributed by atoms with Crippen molar-refractivity contribution in [2.24, 2.45) is 0 Å². The van der Waals surface area contributed by atoms with Gasteiger partial charge in [-0.2, -0.15) is 0 Å². The van der Waals surface area contributed by atoms with Crippen LogP contribution in [0.15, 0.2) is 144 Å². The van der Waals surface area contributed by atoms with Crippen molar-refractivity contribution >= 4 is 46.3 Å². The van der Waals surface area contributed by atoms with Crippen LogP contribution < -0.4 is 4.90 Å². The Morgan fingerprint density at radius 2 is 1.29 bits per heavy atom. The van der Waals surface area contributed by atoms with Gasteiger partial charge in [-0.25, -0.2) is 0 Å². The van der Waals surface area contributed by atoms with Gasteiger partial charge in [-0.1, -0.05) is 133 Å². The molecule has 0 bridgehead atoms. The van der Waals surface area contributed by atoms with Gasteiger partial charge in [0.25, 0.3) is 5.91 Å². The van der Waals surface area contributed by atoms with Crippen LogP contribution in [0.1, 0.15) is 33.9 Å². The molecule has 5 aromatic rings. The van der Waals surface area contributed by atoms with Gasteiger partial charge >= 0.3 is 0 Å². The van der Waals surface area contributed by atoms with Crippen molar-refractivity contribution in [1.82, 2.24) is 0 Å². The number of amides is 1. The number of nitrogens with zero attached hydrogens (tertiary/aromatic N) is 1. The third-order valence-corrected chi connectivity index (χ3v) is 9.34. The maximum absolute atomic E-state index is 15.1. The van der Waals surface area contributed by atoms with E-state index in [1.165, 1.54) is 0 Å². The Labute approximate surface area is 249 Å². The zero-order chi connectivity index (χ0) is 27.8. The summed E-state index contributed by atoms with van der Waals surface area (Å²) >= 11 is 8.54. The average Bonchev–Trinajstić information content (AvgIpc) is 3.18. The zero-order valence-electron chi connectivity index (χ0n) is 22.1. The second kappa shape index (κ2) is 10.6. The Balaban J connectivity index is 1.55. The molecule has 0 N–H and O–H groups in total. The van der Waals surface area contributed by atoms with E-state index in [-0.39, 0.29) is 11.2 Å². The van der Waals surface area contributed by atoms with Gasteiger partial charge in [-0.15, -0.1) is 11.8 Å². The second-order valence-corrected chi connectivity index (χ2v) is 11.8. The number of carbonyl (C=O) groups excluding carboxylic acids is 1. The Bertz CT molecular complexity index is 1760. The lowest BCUT2D eigenvalue weighted by Gasteiger charge is -2.48. The molecule has 41 heavy (non-hydrogen) atoms. The molecule has 200 valence electrons. The van der Waals surface area contributed by atoms with Crippen LogP contribution >= 0.6 is 23.4 Å². The lowest BCUT2D eigenvalue weighted by Crippen LogP contribution is -2.55. The van der Waals surface area contributed by atoms with Crippen LogP contribution in [0.3, 0.4) is 0 Å². The smallest absolute Gasteiger partial charge is 0.266 e. The molecule has 0 aromatic heterocycles. The first-order valence-electron chi connectivity index (χ1n) is 13.6. The predicted molar refractivity (Wildman–Crippen MR) is 167 cm³/mol. The third kappa shape index (κ3) is 4.44. The van der Waals surface area contributed by atoms with Crippen molar-refractivity contribution in [3.8, 4) is 0 Å². The minimum Gasteiger partial charge on any atom is -0.462 e. The number of para-hydroxylation sites is 1. The number of anilines is 1. The molecule has 5 heteroatoms. The highest BCUT2D eigenvalue weighted by atomic mass is 35.5.